The first-order chi connectivity index (χ1) is 8.01. The van der Waals surface area contributed by atoms with Gasteiger partial charge in [-0.2, -0.15) is 0 Å². The van der Waals surface area contributed by atoms with E-state index in [-0.39, 0.29) is 31.6 Å². The molecule has 0 rings (SSSR count). The first-order valence-corrected chi connectivity index (χ1v) is 5.50. The van der Waals surface area contributed by atoms with Crippen molar-refractivity contribution < 1.29 is 19.8 Å². The molecule has 0 bridgehead atoms. The molecule has 98 valence electrons. The predicted molar refractivity (Wildman–Crippen MR) is 63.7 cm³/mol. The minimum atomic E-state index is -0.885. The maximum atomic E-state index is 11.7. The molecule has 0 aromatic carbocycles. The van der Waals surface area contributed by atoms with E-state index in [0.29, 0.717) is 13.0 Å². The lowest BCUT2D eigenvalue weighted by atomic mass is 10.2. The lowest BCUT2D eigenvalue weighted by Gasteiger charge is -2.23. The molecule has 3 N–H and O–H groups in total. The van der Waals surface area contributed by atoms with Gasteiger partial charge in [-0.05, 0) is 13.3 Å². The van der Waals surface area contributed by atoms with Crippen molar-refractivity contribution in [2.24, 2.45) is 0 Å². The Morgan fingerprint density at radius 1 is 1.53 bits per heavy atom. The van der Waals surface area contributed by atoms with E-state index in [9.17, 15) is 9.59 Å². The first-order valence-electron chi connectivity index (χ1n) is 5.50. The fourth-order valence-corrected chi connectivity index (χ4v) is 1.27. The fourth-order valence-electron chi connectivity index (χ4n) is 1.27. The van der Waals surface area contributed by atoms with Crippen LogP contribution < -0.4 is 5.32 Å². The number of nitrogens with zero attached hydrogens (tertiary/aromatic N) is 1. The number of hydrogen-bond acceptors (Lipinski definition) is 3. The molecular formula is C11H20N2O4. The summed E-state index contributed by atoms with van der Waals surface area (Å²) in [5.41, 5.74) is 0. The molecule has 0 saturated carbocycles. The highest BCUT2D eigenvalue weighted by Crippen LogP contribution is 1.98. The Morgan fingerprint density at radius 2 is 2.18 bits per heavy atom. The van der Waals surface area contributed by atoms with Crippen LogP contribution in [0.4, 0.5) is 4.79 Å². The van der Waals surface area contributed by atoms with Gasteiger partial charge in [0.2, 0.25) is 0 Å². The molecule has 17 heavy (non-hydrogen) atoms. The summed E-state index contributed by atoms with van der Waals surface area (Å²) < 4.78 is 0. The smallest absolute Gasteiger partial charge is 0.317 e. The number of amides is 2. The lowest BCUT2D eigenvalue weighted by molar-refractivity contribution is -0.137. The van der Waals surface area contributed by atoms with Crippen molar-refractivity contribution in [1.82, 2.24) is 10.2 Å². The number of carboxylic acids is 1. The SMILES string of the molecule is C=CCN(CCO)C(=O)NC(C)CCC(=O)O. The number of urea groups is 1. The van der Waals surface area contributed by atoms with Gasteiger partial charge >= 0.3 is 12.0 Å². The average molecular weight is 244 g/mol. The second kappa shape index (κ2) is 8.58. The normalized spacial score (nSPS) is 11.6. The Kier molecular flexibility index (Phi) is 7.79. The average Bonchev–Trinajstić information content (AvgIpc) is 2.26. The highest BCUT2D eigenvalue weighted by molar-refractivity contribution is 5.74. The lowest BCUT2D eigenvalue weighted by Crippen LogP contribution is -2.45. The van der Waals surface area contributed by atoms with E-state index < -0.39 is 5.97 Å². The maximum Gasteiger partial charge on any atom is 0.317 e. The Labute approximate surface area is 101 Å². The van der Waals surface area contributed by atoms with Gasteiger partial charge in [-0.15, -0.1) is 6.58 Å². The van der Waals surface area contributed by atoms with E-state index in [1.807, 2.05) is 0 Å². The molecule has 0 fully saturated rings. The quantitative estimate of drug-likeness (QED) is 0.540. The third-order valence-corrected chi connectivity index (χ3v) is 2.17. The van der Waals surface area contributed by atoms with Gasteiger partial charge in [0, 0.05) is 25.6 Å². The van der Waals surface area contributed by atoms with Crippen molar-refractivity contribution in [3.05, 3.63) is 12.7 Å². The third kappa shape index (κ3) is 7.35. The van der Waals surface area contributed by atoms with Crippen LogP contribution >= 0.6 is 0 Å². The highest BCUT2D eigenvalue weighted by Gasteiger charge is 2.14. The van der Waals surface area contributed by atoms with Crippen LogP contribution in [0.25, 0.3) is 0 Å². The number of carboxylic acid groups (broad SMARTS) is 1. The largest absolute Gasteiger partial charge is 0.481 e. The van der Waals surface area contributed by atoms with E-state index in [1.54, 1.807) is 13.0 Å². The van der Waals surface area contributed by atoms with Gasteiger partial charge in [0.25, 0.3) is 0 Å². The van der Waals surface area contributed by atoms with Crippen LogP contribution in [-0.2, 0) is 4.79 Å². The standard InChI is InChI=1S/C11H20N2O4/c1-3-6-13(7-8-14)11(17)12-9(2)4-5-10(15)16/h3,9,14H,1,4-8H2,2H3,(H,12,17)(H,15,16). The van der Waals surface area contributed by atoms with E-state index in [0.717, 1.165) is 0 Å². The molecule has 0 aromatic heterocycles. The van der Waals surface area contributed by atoms with Gasteiger partial charge in [0.15, 0.2) is 0 Å². The maximum absolute atomic E-state index is 11.7. The number of carbonyl (C=O) groups excluding carboxylic acids is 1. The Balaban J connectivity index is 4.09. The molecule has 6 heteroatoms. The highest BCUT2D eigenvalue weighted by atomic mass is 16.4. The first kappa shape index (κ1) is 15.4. The molecule has 1 atom stereocenters. The van der Waals surface area contributed by atoms with Crippen molar-refractivity contribution in [3.8, 4) is 0 Å². The molecule has 6 nitrogen and oxygen atoms in total. The second-order valence-corrected chi connectivity index (χ2v) is 3.74. The van der Waals surface area contributed by atoms with Crippen molar-refractivity contribution in [3.63, 3.8) is 0 Å². The fraction of sp³-hybridized carbons (Fsp3) is 0.636. The van der Waals surface area contributed by atoms with Crippen LogP contribution in [0, 0.1) is 0 Å². The van der Waals surface area contributed by atoms with Crippen molar-refractivity contribution >= 4 is 12.0 Å². The zero-order chi connectivity index (χ0) is 13.3. The number of rotatable bonds is 8. The van der Waals surface area contributed by atoms with Gasteiger partial charge in [-0.3, -0.25) is 4.79 Å². The molecule has 0 spiro atoms. The zero-order valence-corrected chi connectivity index (χ0v) is 10.1. The molecule has 0 aromatic rings. The molecule has 0 saturated heterocycles. The van der Waals surface area contributed by atoms with Crippen LogP contribution in [0.2, 0.25) is 0 Å². The van der Waals surface area contributed by atoms with E-state index in [2.05, 4.69) is 11.9 Å². The monoisotopic (exact) mass is 244 g/mol. The summed E-state index contributed by atoms with van der Waals surface area (Å²) in [6.07, 6.45) is 1.96. The summed E-state index contributed by atoms with van der Waals surface area (Å²) in [6, 6.07) is -0.540. The van der Waals surface area contributed by atoms with Crippen molar-refractivity contribution in [1.29, 1.82) is 0 Å². The Morgan fingerprint density at radius 3 is 2.65 bits per heavy atom. The Bertz CT molecular complexity index is 268. The van der Waals surface area contributed by atoms with Crippen molar-refractivity contribution in [2.75, 3.05) is 19.7 Å². The van der Waals surface area contributed by atoms with Gasteiger partial charge < -0.3 is 20.4 Å². The number of aliphatic carboxylic acids is 1. The second-order valence-electron chi connectivity index (χ2n) is 3.74. The minimum Gasteiger partial charge on any atom is -0.481 e. The molecule has 0 aliphatic rings. The van der Waals surface area contributed by atoms with Crippen molar-refractivity contribution in [2.45, 2.75) is 25.8 Å². The number of nitrogens with one attached hydrogen (secondary N) is 1. The van der Waals surface area contributed by atoms with E-state index in [1.165, 1.54) is 4.90 Å². The van der Waals surface area contributed by atoms with Crippen LogP contribution in [0.5, 0.6) is 0 Å². The predicted octanol–water partition coefficient (Wildman–Crippen LogP) is 0.430. The molecular weight excluding hydrogens is 224 g/mol. The summed E-state index contributed by atoms with van der Waals surface area (Å²) in [5.74, 6) is -0.885. The van der Waals surface area contributed by atoms with Gasteiger partial charge in [-0.1, -0.05) is 6.08 Å². The zero-order valence-electron chi connectivity index (χ0n) is 10.1. The van der Waals surface area contributed by atoms with E-state index >= 15 is 0 Å². The number of aliphatic hydroxyl groups excluding tert-OH is 1. The van der Waals surface area contributed by atoms with Gasteiger partial charge in [-0.25, -0.2) is 4.79 Å². The number of aliphatic hydroxyl groups is 1. The molecule has 0 aliphatic carbocycles. The summed E-state index contributed by atoms with van der Waals surface area (Å²) in [4.78, 5) is 23.5. The molecule has 0 heterocycles. The van der Waals surface area contributed by atoms with Crippen LogP contribution in [0.1, 0.15) is 19.8 Å². The molecule has 2 amide bonds. The molecule has 0 aliphatic heterocycles. The van der Waals surface area contributed by atoms with Gasteiger partial charge in [0.1, 0.15) is 0 Å². The summed E-state index contributed by atoms with van der Waals surface area (Å²) in [5, 5.41) is 20.0. The Hall–Kier alpha value is -1.56. The summed E-state index contributed by atoms with van der Waals surface area (Å²) >= 11 is 0. The third-order valence-electron chi connectivity index (χ3n) is 2.17. The van der Waals surface area contributed by atoms with Crippen LogP contribution in [-0.4, -0.2) is 52.9 Å². The number of hydrogen-bond donors (Lipinski definition) is 3. The van der Waals surface area contributed by atoms with E-state index in [4.69, 9.17) is 10.2 Å². The topological polar surface area (TPSA) is 89.9 Å². The van der Waals surface area contributed by atoms with Gasteiger partial charge in [0.05, 0.1) is 6.61 Å². The van der Waals surface area contributed by atoms with Crippen LogP contribution in [0.3, 0.4) is 0 Å². The number of carbonyl (C=O) groups is 2. The molecule has 0 radical (unpaired) electrons. The minimum absolute atomic E-state index is 0.0168. The molecule has 1 unspecified atom stereocenters. The summed E-state index contributed by atoms with van der Waals surface area (Å²) in [7, 11) is 0. The van der Waals surface area contributed by atoms with Crippen LogP contribution in [0.15, 0.2) is 12.7 Å². The summed E-state index contributed by atoms with van der Waals surface area (Å²) in [6.45, 7) is 5.72.